The number of piperidine rings is 1. The topological polar surface area (TPSA) is 70.6 Å². The third-order valence-corrected chi connectivity index (χ3v) is 6.95. The van der Waals surface area contributed by atoms with Crippen molar-refractivity contribution in [1.29, 1.82) is 0 Å². The van der Waals surface area contributed by atoms with Gasteiger partial charge in [0, 0.05) is 68.5 Å². The highest BCUT2D eigenvalue weighted by atomic mass is 16.5. The van der Waals surface area contributed by atoms with Crippen LogP contribution >= 0.6 is 0 Å². The van der Waals surface area contributed by atoms with Crippen molar-refractivity contribution in [3.05, 3.63) is 77.7 Å². The Kier molecular flexibility index (Phi) is 7.35. The second-order valence-electron chi connectivity index (χ2n) is 9.42. The lowest BCUT2D eigenvalue weighted by Crippen LogP contribution is -2.44. The molecular weight excluding hydrogens is 438 g/mol. The van der Waals surface area contributed by atoms with Gasteiger partial charge in [-0.15, -0.1) is 0 Å². The van der Waals surface area contributed by atoms with Crippen molar-refractivity contribution in [2.75, 3.05) is 44.3 Å². The Hall–Kier alpha value is -3.29. The van der Waals surface area contributed by atoms with Gasteiger partial charge in [-0.3, -0.25) is 14.7 Å². The van der Waals surface area contributed by atoms with Gasteiger partial charge in [0.2, 0.25) is 0 Å². The molecule has 4 heterocycles. The smallest absolute Gasteiger partial charge is 0.251 e. The van der Waals surface area contributed by atoms with Gasteiger partial charge in [0.15, 0.2) is 0 Å². The Bertz CT molecular complexity index is 1120. The van der Waals surface area contributed by atoms with Crippen molar-refractivity contribution in [1.82, 2.24) is 20.2 Å². The number of benzene rings is 1. The highest BCUT2D eigenvalue weighted by Gasteiger charge is 2.22. The number of morpholine rings is 1. The Labute approximate surface area is 207 Å². The maximum atomic E-state index is 13.0. The number of amides is 1. The lowest BCUT2D eigenvalue weighted by Gasteiger charge is -2.32. The summed E-state index contributed by atoms with van der Waals surface area (Å²) in [5.74, 6) is 1.03. The summed E-state index contributed by atoms with van der Waals surface area (Å²) in [6.07, 6.45) is 7.50. The van der Waals surface area contributed by atoms with Gasteiger partial charge in [-0.05, 0) is 60.7 Å². The first-order valence-electron chi connectivity index (χ1n) is 12.5. The van der Waals surface area contributed by atoms with Gasteiger partial charge >= 0.3 is 0 Å². The molecule has 0 unspecified atom stereocenters. The minimum atomic E-state index is -0.00325. The number of hydrogen-bond donors (Lipinski definition) is 1. The lowest BCUT2D eigenvalue weighted by atomic mass is 9.98. The summed E-state index contributed by atoms with van der Waals surface area (Å²) < 4.78 is 5.43. The summed E-state index contributed by atoms with van der Waals surface area (Å²) >= 11 is 0. The van der Waals surface area contributed by atoms with E-state index in [1.165, 1.54) is 5.56 Å². The predicted molar refractivity (Wildman–Crippen MR) is 137 cm³/mol. The van der Waals surface area contributed by atoms with E-state index in [0.717, 1.165) is 81.3 Å². The molecule has 2 aliphatic heterocycles. The van der Waals surface area contributed by atoms with E-state index in [-0.39, 0.29) is 11.9 Å². The molecule has 1 amide bonds. The molecule has 0 aliphatic carbocycles. The van der Waals surface area contributed by atoms with Crippen LogP contribution in [0.1, 0.15) is 34.3 Å². The average molecular weight is 472 g/mol. The molecule has 1 aromatic carbocycles. The van der Waals surface area contributed by atoms with Gasteiger partial charge in [-0.2, -0.15) is 0 Å². The number of nitrogens with one attached hydrogen (secondary N) is 1. The Balaban J connectivity index is 1.12. The predicted octanol–water partition coefficient (Wildman–Crippen LogP) is 3.68. The number of likely N-dealkylation sites (tertiary alicyclic amines) is 1. The first kappa shape index (κ1) is 23.5. The summed E-state index contributed by atoms with van der Waals surface area (Å²) in [4.78, 5) is 26.6. The number of aromatic nitrogens is 2. The first-order chi connectivity index (χ1) is 17.2. The second kappa shape index (κ2) is 11.0. The van der Waals surface area contributed by atoms with Crippen LogP contribution in [0.2, 0.25) is 0 Å². The highest BCUT2D eigenvalue weighted by molar-refractivity contribution is 5.96. The van der Waals surface area contributed by atoms with E-state index >= 15 is 0 Å². The number of nitrogens with zero attached hydrogens (tertiary/aromatic N) is 4. The van der Waals surface area contributed by atoms with Crippen LogP contribution in [-0.2, 0) is 11.3 Å². The molecule has 3 aromatic rings. The van der Waals surface area contributed by atoms with Crippen LogP contribution in [0, 0.1) is 6.92 Å². The second-order valence-corrected chi connectivity index (χ2v) is 9.42. The van der Waals surface area contributed by atoms with Gasteiger partial charge in [-0.25, -0.2) is 4.98 Å². The fourth-order valence-electron chi connectivity index (χ4n) is 4.85. The Morgan fingerprint density at radius 2 is 1.89 bits per heavy atom. The molecule has 0 bridgehead atoms. The highest BCUT2D eigenvalue weighted by Crippen LogP contribution is 2.24. The molecule has 0 atom stereocenters. The minimum Gasteiger partial charge on any atom is -0.378 e. The van der Waals surface area contributed by atoms with E-state index in [2.05, 4.69) is 44.1 Å². The van der Waals surface area contributed by atoms with Crippen LogP contribution < -0.4 is 10.2 Å². The van der Waals surface area contributed by atoms with Crippen molar-refractivity contribution in [2.24, 2.45) is 0 Å². The summed E-state index contributed by atoms with van der Waals surface area (Å²) in [5, 5.41) is 3.25. The van der Waals surface area contributed by atoms with E-state index in [0.29, 0.717) is 5.56 Å². The molecule has 2 aliphatic rings. The molecular formula is C28H33N5O2. The lowest BCUT2D eigenvalue weighted by molar-refractivity contribution is 0.0909. The zero-order valence-corrected chi connectivity index (χ0v) is 20.3. The number of rotatable bonds is 6. The zero-order valence-electron chi connectivity index (χ0n) is 20.3. The number of hydrogen-bond acceptors (Lipinski definition) is 6. The Morgan fingerprint density at radius 1 is 1.06 bits per heavy atom. The van der Waals surface area contributed by atoms with Crippen LogP contribution in [-0.4, -0.2) is 66.2 Å². The van der Waals surface area contributed by atoms with E-state index < -0.39 is 0 Å². The molecule has 182 valence electrons. The summed E-state index contributed by atoms with van der Waals surface area (Å²) in [5.41, 5.74) is 5.14. The summed E-state index contributed by atoms with van der Waals surface area (Å²) in [7, 11) is 0. The van der Waals surface area contributed by atoms with E-state index in [9.17, 15) is 4.79 Å². The largest absolute Gasteiger partial charge is 0.378 e. The van der Waals surface area contributed by atoms with E-state index in [1.807, 2.05) is 42.7 Å². The van der Waals surface area contributed by atoms with Crippen LogP contribution in [0.4, 0.5) is 5.82 Å². The molecule has 0 radical (unpaired) electrons. The average Bonchev–Trinajstić information content (AvgIpc) is 2.91. The maximum Gasteiger partial charge on any atom is 0.251 e. The molecule has 2 fully saturated rings. The van der Waals surface area contributed by atoms with Gasteiger partial charge < -0.3 is 15.0 Å². The number of anilines is 1. The first-order valence-corrected chi connectivity index (χ1v) is 12.5. The van der Waals surface area contributed by atoms with E-state index in [1.54, 1.807) is 6.20 Å². The standard InChI is InChI=1S/C28H33N5O2/c1-21-4-6-23(17-26(21)24-3-2-10-29-19-24)28(34)31-25-8-11-32(12-9-25)20-22-5-7-27(30-18-22)33-13-15-35-16-14-33/h2-7,10,17-19,25H,8-9,11-16,20H2,1H3,(H,31,34). The normalized spacial score (nSPS) is 17.3. The number of aryl methyl sites for hydroxylation is 1. The zero-order chi connectivity index (χ0) is 24.0. The van der Waals surface area contributed by atoms with Crippen LogP contribution in [0.25, 0.3) is 11.1 Å². The third kappa shape index (κ3) is 5.86. The summed E-state index contributed by atoms with van der Waals surface area (Å²) in [6.45, 7) is 8.22. The molecule has 1 N–H and O–H groups in total. The number of ether oxygens (including phenoxy) is 1. The molecule has 2 aromatic heterocycles. The molecule has 7 heteroatoms. The van der Waals surface area contributed by atoms with Crippen LogP contribution in [0.15, 0.2) is 61.1 Å². The van der Waals surface area contributed by atoms with Gasteiger partial charge in [0.25, 0.3) is 5.91 Å². The van der Waals surface area contributed by atoms with Crippen molar-refractivity contribution >= 4 is 11.7 Å². The molecule has 0 saturated carbocycles. The minimum absolute atomic E-state index is 0.00325. The van der Waals surface area contributed by atoms with Crippen LogP contribution in [0.5, 0.6) is 0 Å². The van der Waals surface area contributed by atoms with Crippen molar-refractivity contribution in [3.63, 3.8) is 0 Å². The molecule has 35 heavy (non-hydrogen) atoms. The number of pyridine rings is 2. The molecule has 2 saturated heterocycles. The van der Waals surface area contributed by atoms with Crippen LogP contribution in [0.3, 0.4) is 0 Å². The van der Waals surface area contributed by atoms with E-state index in [4.69, 9.17) is 4.74 Å². The number of carbonyl (C=O) groups excluding carboxylic acids is 1. The van der Waals surface area contributed by atoms with Gasteiger partial charge in [0.1, 0.15) is 5.82 Å². The molecule has 7 nitrogen and oxygen atoms in total. The SMILES string of the molecule is Cc1ccc(C(=O)NC2CCN(Cc3ccc(N4CCOCC4)nc3)CC2)cc1-c1cccnc1. The fourth-order valence-corrected chi connectivity index (χ4v) is 4.85. The third-order valence-electron chi connectivity index (χ3n) is 6.95. The molecule has 5 rings (SSSR count). The van der Waals surface area contributed by atoms with Crippen molar-refractivity contribution in [3.8, 4) is 11.1 Å². The van der Waals surface area contributed by atoms with Crippen molar-refractivity contribution < 1.29 is 9.53 Å². The Morgan fingerprint density at radius 3 is 2.60 bits per heavy atom. The summed E-state index contributed by atoms with van der Waals surface area (Å²) in [6, 6.07) is 14.3. The number of carbonyl (C=O) groups is 1. The van der Waals surface area contributed by atoms with Crippen molar-refractivity contribution in [2.45, 2.75) is 32.4 Å². The molecule has 0 spiro atoms. The van der Waals surface area contributed by atoms with Gasteiger partial charge in [0.05, 0.1) is 13.2 Å². The van der Waals surface area contributed by atoms with Gasteiger partial charge in [-0.1, -0.05) is 18.2 Å². The maximum absolute atomic E-state index is 13.0. The quantitative estimate of drug-likeness (QED) is 0.591. The fraction of sp³-hybridized carbons (Fsp3) is 0.393. The monoisotopic (exact) mass is 471 g/mol.